The summed E-state index contributed by atoms with van der Waals surface area (Å²) in [5.41, 5.74) is 3.75. The van der Waals surface area contributed by atoms with E-state index >= 15 is 0 Å². The number of hydrogen-bond acceptors (Lipinski definition) is 2. The summed E-state index contributed by atoms with van der Waals surface area (Å²) < 4.78 is 6.05. The molecular formula is C18H20O2. The summed E-state index contributed by atoms with van der Waals surface area (Å²) >= 11 is 0. The molecule has 2 aromatic rings. The number of hydrogen-bond donors (Lipinski definition) is 1. The quantitative estimate of drug-likeness (QED) is 0.918. The minimum absolute atomic E-state index is 0.542. The largest absolute Gasteiger partial charge is 0.488 e. The van der Waals surface area contributed by atoms with E-state index in [4.69, 9.17) is 4.74 Å². The highest BCUT2D eigenvalue weighted by atomic mass is 16.5. The van der Waals surface area contributed by atoms with E-state index in [0.29, 0.717) is 13.0 Å². The van der Waals surface area contributed by atoms with Crippen LogP contribution in [0.5, 0.6) is 5.75 Å². The number of aliphatic hydroxyl groups is 1. The summed E-state index contributed by atoms with van der Waals surface area (Å²) in [7, 11) is 0. The van der Waals surface area contributed by atoms with Crippen molar-refractivity contribution in [2.75, 3.05) is 0 Å². The molecule has 0 heterocycles. The molecule has 0 aliphatic heterocycles. The van der Waals surface area contributed by atoms with Crippen molar-refractivity contribution in [2.45, 2.75) is 38.9 Å². The third-order valence-corrected chi connectivity index (χ3v) is 4.01. The zero-order chi connectivity index (χ0) is 14.2. The third-order valence-electron chi connectivity index (χ3n) is 4.01. The van der Waals surface area contributed by atoms with Crippen molar-refractivity contribution in [1.29, 1.82) is 0 Å². The van der Waals surface area contributed by atoms with E-state index in [-0.39, 0.29) is 0 Å². The second-order valence-electron chi connectivity index (χ2n) is 5.67. The van der Waals surface area contributed by atoms with Crippen LogP contribution in [-0.2, 0) is 25.0 Å². The Hall–Kier alpha value is -1.80. The van der Waals surface area contributed by atoms with E-state index in [9.17, 15) is 5.11 Å². The lowest BCUT2D eigenvalue weighted by atomic mass is 9.73. The normalized spacial score (nSPS) is 20.1. The highest BCUT2D eigenvalue weighted by Crippen LogP contribution is 2.46. The maximum Gasteiger partial charge on any atom is 0.129 e. The van der Waals surface area contributed by atoms with E-state index in [0.717, 1.165) is 23.3 Å². The minimum Gasteiger partial charge on any atom is -0.488 e. The van der Waals surface area contributed by atoms with Gasteiger partial charge in [-0.2, -0.15) is 0 Å². The van der Waals surface area contributed by atoms with Crippen molar-refractivity contribution >= 4 is 0 Å². The second-order valence-corrected chi connectivity index (χ2v) is 5.67. The fourth-order valence-corrected chi connectivity index (χ4v) is 2.93. The Bertz CT molecular complexity index is 615. The first kappa shape index (κ1) is 13.2. The average molecular weight is 268 g/mol. The van der Waals surface area contributed by atoms with Gasteiger partial charge in [0.15, 0.2) is 0 Å². The maximum absolute atomic E-state index is 10.4. The Balaban J connectivity index is 1.91. The van der Waals surface area contributed by atoms with E-state index in [2.05, 4.69) is 31.2 Å². The van der Waals surface area contributed by atoms with E-state index in [1.165, 1.54) is 11.1 Å². The fourth-order valence-electron chi connectivity index (χ4n) is 2.93. The Labute approximate surface area is 120 Å². The molecule has 20 heavy (non-hydrogen) atoms. The topological polar surface area (TPSA) is 29.5 Å². The summed E-state index contributed by atoms with van der Waals surface area (Å²) in [5, 5.41) is 10.4. The molecule has 2 nitrogen and oxygen atoms in total. The molecule has 0 bridgehead atoms. The Morgan fingerprint density at radius 2 is 1.90 bits per heavy atom. The van der Waals surface area contributed by atoms with Crippen molar-refractivity contribution in [3.8, 4) is 5.75 Å². The van der Waals surface area contributed by atoms with Crippen LogP contribution < -0.4 is 4.74 Å². The van der Waals surface area contributed by atoms with Gasteiger partial charge in [-0.1, -0.05) is 49.4 Å². The average Bonchev–Trinajstić information content (AvgIpc) is 2.45. The van der Waals surface area contributed by atoms with Gasteiger partial charge in [0.2, 0.25) is 0 Å². The van der Waals surface area contributed by atoms with Crippen molar-refractivity contribution in [2.24, 2.45) is 0 Å². The molecule has 1 N–H and O–H groups in total. The fraction of sp³-hybridized carbons (Fsp3) is 0.333. The van der Waals surface area contributed by atoms with Gasteiger partial charge in [0.1, 0.15) is 12.4 Å². The van der Waals surface area contributed by atoms with Gasteiger partial charge >= 0.3 is 0 Å². The first-order valence-corrected chi connectivity index (χ1v) is 7.16. The molecule has 1 atom stereocenters. The number of aryl methyl sites for hydroxylation is 1. The van der Waals surface area contributed by atoms with Gasteiger partial charge in [0.25, 0.3) is 0 Å². The molecule has 0 aromatic heterocycles. The summed E-state index contributed by atoms with van der Waals surface area (Å²) in [6.07, 6.45) is 1.63. The van der Waals surface area contributed by atoms with Crippen LogP contribution in [-0.4, -0.2) is 5.11 Å². The molecule has 0 saturated heterocycles. The predicted molar refractivity (Wildman–Crippen MR) is 79.9 cm³/mol. The van der Waals surface area contributed by atoms with Crippen LogP contribution in [0.4, 0.5) is 0 Å². The maximum atomic E-state index is 10.4. The monoisotopic (exact) mass is 268 g/mol. The van der Waals surface area contributed by atoms with E-state index < -0.39 is 5.60 Å². The van der Waals surface area contributed by atoms with E-state index in [1.54, 1.807) is 0 Å². The number of fused-ring (bicyclic) bond motifs is 1. The zero-order valence-corrected chi connectivity index (χ0v) is 12.0. The van der Waals surface area contributed by atoms with Crippen molar-refractivity contribution < 1.29 is 9.84 Å². The van der Waals surface area contributed by atoms with Gasteiger partial charge in [0, 0.05) is 12.0 Å². The lowest BCUT2D eigenvalue weighted by molar-refractivity contribution is 0.0285. The Morgan fingerprint density at radius 3 is 2.55 bits per heavy atom. The Kier molecular flexibility index (Phi) is 3.27. The summed E-state index contributed by atoms with van der Waals surface area (Å²) in [4.78, 5) is 0. The number of rotatable bonds is 4. The molecule has 0 fully saturated rings. The number of ether oxygens (including phenoxy) is 1. The molecule has 104 valence electrons. The molecule has 0 amide bonds. The SMILES string of the molecule is CCc1ccc2c(c1OCc1ccccc1)C(C)(O)C2. The Morgan fingerprint density at radius 1 is 1.15 bits per heavy atom. The minimum atomic E-state index is -0.744. The van der Waals surface area contributed by atoms with E-state index in [1.807, 2.05) is 25.1 Å². The zero-order valence-electron chi connectivity index (χ0n) is 12.0. The summed E-state index contributed by atoms with van der Waals surface area (Å²) in [6, 6.07) is 14.4. The predicted octanol–water partition coefficient (Wildman–Crippen LogP) is 3.59. The smallest absolute Gasteiger partial charge is 0.129 e. The molecular weight excluding hydrogens is 248 g/mol. The van der Waals surface area contributed by atoms with Gasteiger partial charge in [0.05, 0.1) is 5.60 Å². The van der Waals surface area contributed by atoms with Gasteiger partial charge in [-0.05, 0) is 30.0 Å². The van der Waals surface area contributed by atoms with Gasteiger partial charge in [-0.25, -0.2) is 0 Å². The lowest BCUT2D eigenvalue weighted by Crippen LogP contribution is -2.36. The third kappa shape index (κ3) is 2.20. The summed E-state index contributed by atoms with van der Waals surface area (Å²) in [5.74, 6) is 0.880. The molecule has 2 heteroatoms. The highest BCUT2D eigenvalue weighted by Gasteiger charge is 2.40. The van der Waals surface area contributed by atoms with Gasteiger partial charge in [-0.3, -0.25) is 0 Å². The lowest BCUT2D eigenvalue weighted by Gasteiger charge is -2.38. The highest BCUT2D eigenvalue weighted by molar-refractivity contribution is 5.55. The standard InChI is InChI=1S/C18H20O2/c1-3-14-9-10-15-11-18(2,19)16(15)17(14)20-12-13-7-5-4-6-8-13/h4-10,19H,3,11-12H2,1-2H3. The molecule has 0 saturated carbocycles. The summed E-state index contributed by atoms with van der Waals surface area (Å²) in [6.45, 7) is 4.52. The first-order valence-electron chi connectivity index (χ1n) is 7.16. The second kappa shape index (κ2) is 4.95. The molecule has 0 spiro atoms. The van der Waals surface area contributed by atoms with Crippen LogP contribution in [0, 0.1) is 0 Å². The molecule has 1 aliphatic carbocycles. The van der Waals surface area contributed by atoms with Crippen LogP contribution in [0.1, 0.15) is 36.1 Å². The number of benzene rings is 2. The molecule has 2 aromatic carbocycles. The van der Waals surface area contributed by atoms with Crippen molar-refractivity contribution in [3.05, 3.63) is 64.7 Å². The molecule has 1 unspecified atom stereocenters. The van der Waals surface area contributed by atoms with Crippen LogP contribution in [0.25, 0.3) is 0 Å². The first-order chi connectivity index (χ1) is 9.62. The van der Waals surface area contributed by atoms with Crippen LogP contribution >= 0.6 is 0 Å². The van der Waals surface area contributed by atoms with Crippen molar-refractivity contribution in [1.82, 2.24) is 0 Å². The molecule has 3 rings (SSSR count). The van der Waals surface area contributed by atoms with Gasteiger partial charge < -0.3 is 9.84 Å². The molecule has 0 radical (unpaired) electrons. The van der Waals surface area contributed by atoms with Crippen LogP contribution in [0.3, 0.4) is 0 Å². The van der Waals surface area contributed by atoms with Crippen LogP contribution in [0.15, 0.2) is 42.5 Å². The molecule has 1 aliphatic rings. The van der Waals surface area contributed by atoms with Crippen molar-refractivity contribution in [3.63, 3.8) is 0 Å². The van der Waals surface area contributed by atoms with Crippen LogP contribution in [0.2, 0.25) is 0 Å². The van der Waals surface area contributed by atoms with Gasteiger partial charge in [-0.15, -0.1) is 0 Å².